The van der Waals surface area contributed by atoms with Gasteiger partial charge in [-0.2, -0.15) is 0 Å². The van der Waals surface area contributed by atoms with Crippen LogP contribution in [0.3, 0.4) is 0 Å². The molecule has 404 valence electrons. The minimum atomic E-state index is -0.681. The molecule has 69 heavy (non-hydrogen) atoms. The summed E-state index contributed by atoms with van der Waals surface area (Å²) >= 11 is 0. The molecule has 3 N–H and O–H groups in total. The normalized spacial score (nSPS) is 12.9. The van der Waals surface area contributed by atoms with Gasteiger partial charge in [-0.1, -0.05) is 262 Å². The molecule has 0 bridgehead atoms. The van der Waals surface area contributed by atoms with Crippen molar-refractivity contribution in [1.82, 2.24) is 5.32 Å². The molecule has 1 amide bonds. The monoisotopic (exact) mass is 968 g/mol. The van der Waals surface area contributed by atoms with Crippen LogP contribution in [0.5, 0.6) is 0 Å². The van der Waals surface area contributed by atoms with Crippen LogP contribution in [-0.2, 0) is 14.3 Å². The van der Waals surface area contributed by atoms with E-state index >= 15 is 0 Å². The lowest BCUT2D eigenvalue weighted by Gasteiger charge is -2.22. The third-order valence-corrected chi connectivity index (χ3v) is 13.9. The number of carbonyl (C=O) groups is 2. The summed E-state index contributed by atoms with van der Waals surface area (Å²) in [5.41, 5.74) is 0. The zero-order valence-electron chi connectivity index (χ0n) is 46.0. The predicted molar refractivity (Wildman–Crippen MR) is 301 cm³/mol. The van der Waals surface area contributed by atoms with E-state index in [1.54, 1.807) is 0 Å². The molecule has 0 aromatic carbocycles. The lowest BCUT2D eigenvalue weighted by atomic mass is 10.0. The van der Waals surface area contributed by atoms with E-state index in [0.29, 0.717) is 25.9 Å². The largest absolute Gasteiger partial charge is 0.466 e. The van der Waals surface area contributed by atoms with E-state index in [1.807, 2.05) is 0 Å². The molecule has 6 nitrogen and oxygen atoms in total. The number of nitrogens with one attached hydrogen (secondary N) is 1. The second-order valence-corrected chi connectivity index (χ2v) is 20.7. The highest BCUT2D eigenvalue weighted by molar-refractivity contribution is 5.76. The molecule has 2 atom stereocenters. The quantitative estimate of drug-likeness (QED) is 0.0244. The highest BCUT2D eigenvalue weighted by Gasteiger charge is 2.20. The molecule has 0 heterocycles. The van der Waals surface area contributed by atoms with Crippen LogP contribution in [-0.4, -0.2) is 47.4 Å². The average Bonchev–Trinajstić information content (AvgIpc) is 3.35. The van der Waals surface area contributed by atoms with Gasteiger partial charge in [0.05, 0.1) is 25.4 Å². The van der Waals surface area contributed by atoms with E-state index in [0.717, 1.165) is 83.5 Å². The van der Waals surface area contributed by atoms with Crippen molar-refractivity contribution in [2.45, 2.75) is 328 Å². The lowest BCUT2D eigenvalue weighted by molar-refractivity contribution is -0.143. The number of carbonyl (C=O) groups excluding carboxylic acids is 2. The summed E-state index contributed by atoms with van der Waals surface area (Å²) in [6, 6.07) is -0.560. The lowest BCUT2D eigenvalue weighted by Crippen LogP contribution is -2.45. The number of ether oxygens (including phenoxy) is 1. The number of unbranched alkanes of at least 4 members (excludes halogenated alkanes) is 38. The Kier molecular flexibility index (Phi) is 56.5. The molecule has 0 aromatic heterocycles. The van der Waals surface area contributed by atoms with E-state index in [-0.39, 0.29) is 18.5 Å². The molecule has 0 aliphatic rings. The molecule has 6 heteroatoms. The maximum Gasteiger partial charge on any atom is 0.305 e. The van der Waals surface area contributed by atoms with Crippen LogP contribution in [0.25, 0.3) is 0 Å². The fourth-order valence-electron chi connectivity index (χ4n) is 9.19. The number of allylic oxidation sites excluding steroid dienone is 8. The Balaban J connectivity index is 3.52. The van der Waals surface area contributed by atoms with Gasteiger partial charge < -0.3 is 20.3 Å². The maximum atomic E-state index is 12.5. The van der Waals surface area contributed by atoms with Gasteiger partial charge in [-0.05, 0) is 89.9 Å². The second kappa shape index (κ2) is 58.4. The van der Waals surface area contributed by atoms with Gasteiger partial charge in [0.2, 0.25) is 5.91 Å². The Hall–Kier alpha value is -2.18. The van der Waals surface area contributed by atoms with E-state index in [4.69, 9.17) is 4.74 Å². The van der Waals surface area contributed by atoms with Crippen molar-refractivity contribution in [2.75, 3.05) is 13.2 Å². The zero-order valence-corrected chi connectivity index (χ0v) is 46.0. The van der Waals surface area contributed by atoms with Crippen LogP contribution in [0.4, 0.5) is 0 Å². The second-order valence-electron chi connectivity index (χ2n) is 20.7. The number of hydrogen-bond acceptors (Lipinski definition) is 5. The molecule has 0 radical (unpaired) electrons. The molecule has 0 saturated carbocycles. The van der Waals surface area contributed by atoms with Crippen molar-refractivity contribution in [3.8, 4) is 0 Å². The topological polar surface area (TPSA) is 95.9 Å². The van der Waals surface area contributed by atoms with E-state index < -0.39 is 12.1 Å². The van der Waals surface area contributed by atoms with Crippen LogP contribution in [0, 0.1) is 0 Å². The van der Waals surface area contributed by atoms with Gasteiger partial charge in [0.15, 0.2) is 0 Å². The van der Waals surface area contributed by atoms with Crippen molar-refractivity contribution < 1.29 is 24.5 Å². The number of rotatable bonds is 56. The number of amides is 1. The zero-order chi connectivity index (χ0) is 50.0. The molecule has 0 saturated heterocycles. The first-order valence-corrected chi connectivity index (χ1v) is 30.4. The summed E-state index contributed by atoms with van der Waals surface area (Å²) in [6.45, 7) is 4.89. The molecule has 0 rings (SSSR count). The average molecular weight is 969 g/mol. The first-order chi connectivity index (χ1) is 34.0. The fourth-order valence-corrected chi connectivity index (χ4v) is 9.19. The molecule has 0 fully saturated rings. The third-order valence-electron chi connectivity index (χ3n) is 13.9. The number of aliphatic hydroxyl groups is 2. The number of esters is 1. The first-order valence-electron chi connectivity index (χ1n) is 30.4. The Morgan fingerprint density at radius 2 is 0.768 bits per heavy atom. The van der Waals surface area contributed by atoms with Gasteiger partial charge in [0.25, 0.3) is 0 Å². The van der Waals surface area contributed by atoms with Gasteiger partial charge in [-0.15, -0.1) is 0 Å². The van der Waals surface area contributed by atoms with Crippen LogP contribution in [0.1, 0.15) is 316 Å². The van der Waals surface area contributed by atoms with Gasteiger partial charge in [-0.3, -0.25) is 9.59 Å². The van der Waals surface area contributed by atoms with Crippen LogP contribution in [0.15, 0.2) is 48.6 Å². The van der Waals surface area contributed by atoms with Crippen LogP contribution in [0.2, 0.25) is 0 Å². The molecule has 0 aromatic rings. The Morgan fingerprint density at radius 3 is 1.20 bits per heavy atom. The van der Waals surface area contributed by atoms with Crippen molar-refractivity contribution in [2.24, 2.45) is 0 Å². The van der Waals surface area contributed by atoms with E-state index in [2.05, 4.69) is 67.8 Å². The molecule has 0 spiro atoms. The van der Waals surface area contributed by atoms with Gasteiger partial charge in [0.1, 0.15) is 0 Å². The van der Waals surface area contributed by atoms with Gasteiger partial charge in [-0.25, -0.2) is 0 Å². The van der Waals surface area contributed by atoms with Crippen molar-refractivity contribution in [1.29, 1.82) is 0 Å². The Bertz CT molecular complexity index is 1160. The Morgan fingerprint density at radius 1 is 0.420 bits per heavy atom. The highest BCUT2D eigenvalue weighted by atomic mass is 16.5. The predicted octanol–water partition coefficient (Wildman–Crippen LogP) is 19.0. The number of hydrogen-bond donors (Lipinski definition) is 3. The smallest absolute Gasteiger partial charge is 0.305 e. The van der Waals surface area contributed by atoms with Crippen molar-refractivity contribution in [3.63, 3.8) is 0 Å². The minimum absolute atomic E-state index is 0.0289. The number of aliphatic hydroxyl groups excluding tert-OH is 2. The van der Waals surface area contributed by atoms with Crippen LogP contribution >= 0.6 is 0 Å². The summed E-state index contributed by atoms with van der Waals surface area (Å²) in [6.07, 6.45) is 73.9. The third kappa shape index (κ3) is 55.0. The van der Waals surface area contributed by atoms with Gasteiger partial charge in [0, 0.05) is 12.8 Å². The van der Waals surface area contributed by atoms with Crippen molar-refractivity contribution >= 4 is 11.9 Å². The summed E-state index contributed by atoms with van der Waals surface area (Å²) in [4.78, 5) is 24.6. The van der Waals surface area contributed by atoms with Crippen LogP contribution < -0.4 is 5.32 Å². The minimum Gasteiger partial charge on any atom is -0.466 e. The van der Waals surface area contributed by atoms with Gasteiger partial charge >= 0.3 is 5.97 Å². The molecular formula is C63H117NO5. The molecular weight excluding hydrogens is 851 g/mol. The maximum absolute atomic E-state index is 12.5. The highest BCUT2D eigenvalue weighted by Crippen LogP contribution is 2.17. The standard InChI is InChI=1S/C63H117NO5/c1-3-5-7-9-11-13-15-17-19-21-23-24-27-31-35-39-43-47-51-55-61(66)60(59-65)64-62(67)56-52-48-44-40-36-32-28-26-30-34-38-42-46-50-54-58-69-63(68)57-53-49-45-41-37-33-29-25-22-20-18-16-14-12-10-8-6-4-2/h14,16,20,22,26,30,34,38,60-61,65-66H,3-13,15,17-19,21,23-25,27-29,31-33,35-37,39-59H2,1-2H3,(H,64,67)/b16-14-,22-20-,30-26-,38-34-. The molecule has 0 aliphatic heterocycles. The summed E-state index contributed by atoms with van der Waals surface area (Å²) in [7, 11) is 0. The summed E-state index contributed by atoms with van der Waals surface area (Å²) in [5, 5.41) is 23.3. The van der Waals surface area contributed by atoms with E-state index in [9.17, 15) is 19.8 Å². The SMILES string of the molecule is CCCCCC/C=C\C/C=C\CCCCCCCCCC(=O)OCCCCC/C=C\C=C/CCCCCCCCC(=O)NC(CO)C(O)CCCCCCCCCCCCCCCCCCCCC. The summed E-state index contributed by atoms with van der Waals surface area (Å²) < 4.78 is 5.46. The van der Waals surface area contributed by atoms with Crippen molar-refractivity contribution in [3.05, 3.63) is 48.6 Å². The summed E-state index contributed by atoms with van der Waals surface area (Å²) in [5.74, 6) is -0.0853. The fraction of sp³-hybridized carbons (Fsp3) is 0.841. The molecule has 0 aliphatic carbocycles. The van der Waals surface area contributed by atoms with E-state index in [1.165, 1.54) is 199 Å². The first kappa shape index (κ1) is 66.8. The Labute approximate surface area is 429 Å². The molecule has 2 unspecified atom stereocenters.